The van der Waals surface area contributed by atoms with Gasteiger partial charge < -0.3 is 10.3 Å². The molecule has 0 bridgehead atoms. The third-order valence-corrected chi connectivity index (χ3v) is 3.71. The van der Waals surface area contributed by atoms with Crippen molar-refractivity contribution in [3.05, 3.63) is 48.0 Å². The molecule has 2 N–H and O–H groups in total. The Hall–Kier alpha value is -1.75. The van der Waals surface area contributed by atoms with Crippen LogP contribution in [0.2, 0.25) is 0 Å². The van der Waals surface area contributed by atoms with Crippen LogP contribution in [-0.4, -0.2) is 21.6 Å². The van der Waals surface area contributed by atoms with Gasteiger partial charge in [0.05, 0.1) is 11.8 Å². The molecule has 4 nitrogen and oxygen atoms in total. The lowest BCUT2D eigenvalue weighted by Crippen LogP contribution is -2.28. The molecule has 5 heteroatoms. The minimum Gasteiger partial charge on any atom is -0.347 e. The minimum atomic E-state index is -0.0962. The molecule has 19 heavy (non-hydrogen) atoms. The van der Waals surface area contributed by atoms with Crippen molar-refractivity contribution in [2.75, 3.05) is 5.75 Å². The van der Waals surface area contributed by atoms with Crippen molar-refractivity contribution >= 4 is 17.7 Å². The summed E-state index contributed by atoms with van der Waals surface area (Å²) in [5.41, 5.74) is 1.22. The number of aromatic nitrogens is 2. The summed E-state index contributed by atoms with van der Waals surface area (Å²) < 4.78 is 0. The normalized spacial score (nSPS) is 12.1. The molecule has 1 amide bonds. The highest BCUT2D eigenvalue weighted by molar-refractivity contribution is 8.00. The lowest BCUT2D eigenvalue weighted by atomic mass is 10.2. The number of benzene rings is 1. The second-order valence-electron chi connectivity index (χ2n) is 4.37. The van der Waals surface area contributed by atoms with Crippen LogP contribution in [0, 0.1) is 6.92 Å². The van der Waals surface area contributed by atoms with Gasteiger partial charge in [0, 0.05) is 17.3 Å². The number of amides is 1. The Morgan fingerprint density at radius 3 is 2.79 bits per heavy atom. The molecule has 1 atom stereocenters. The van der Waals surface area contributed by atoms with E-state index in [1.54, 1.807) is 12.4 Å². The predicted molar refractivity (Wildman–Crippen MR) is 77.0 cm³/mol. The van der Waals surface area contributed by atoms with Crippen molar-refractivity contribution in [1.82, 2.24) is 15.3 Å². The Bertz CT molecular complexity index is 522. The first kappa shape index (κ1) is 13.7. The van der Waals surface area contributed by atoms with E-state index in [-0.39, 0.29) is 11.9 Å². The Morgan fingerprint density at radius 2 is 2.16 bits per heavy atom. The van der Waals surface area contributed by atoms with Crippen molar-refractivity contribution in [2.24, 2.45) is 0 Å². The molecule has 1 unspecified atom stereocenters. The summed E-state index contributed by atoms with van der Waals surface area (Å²) in [5.74, 6) is 1.19. The molecule has 0 aliphatic rings. The number of H-pyrrole nitrogens is 1. The predicted octanol–water partition coefficient (Wildman–Crippen LogP) is 2.69. The molecule has 2 rings (SSSR count). The van der Waals surface area contributed by atoms with Crippen molar-refractivity contribution in [1.29, 1.82) is 0 Å². The second kappa shape index (κ2) is 6.43. The summed E-state index contributed by atoms with van der Waals surface area (Å²) in [6, 6.07) is 8.06. The Kier molecular flexibility index (Phi) is 4.63. The van der Waals surface area contributed by atoms with E-state index in [0.29, 0.717) is 5.75 Å². The van der Waals surface area contributed by atoms with Gasteiger partial charge in [-0.2, -0.15) is 0 Å². The van der Waals surface area contributed by atoms with E-state index in [1.807, 2.05) is 38.1 Å². The molecule has 1 aromatic carbocycles. The van der Waals surface area contributed by atoms with Crippen LogP contribution in [0.15, 0.2) is 41.6 Å². The third-order valence-electron chi connectivity index (χ3n) is 2.70. The minimum absolute atomic E-state index is 0.00877. The van der Waals surface area contributed by atoms with Crippen LogP contribution >= 0.6 is 11.8 Å². The van der Waals surface area contributed by atoms with E-state index in [9.17, 15) is 4.79 Å². The summed E-state index contributed by atoms with van der Waals surface area (Å²) in [4.78, 5) is 20.0. The smallest absolute Gasteiger partial charge is 0.230 e. The van der Waals surface area contributed by atoms with Crippen molar-refractivity contribution < 1.29 is 4.79 Å². The molecule has 1 aromatic heterocycles. The second-order valence-corrected chi connectivity index (χ2v) is 5.41. The van der Waals surface area contributed by atoms with E-state index in [1.165, 1.54) is 17.3 Å². The molecule has 0 aliphatic heterocycles. The zero-order chi connectivity index (χ0) is 13.7. The number of aryl methyl sites for hydroxylation is 1. The number of carbonyl (C=O) groups excluding carboxylic acids is 1. The van der Waals surface area contributed by atoms with Gasteiger partial charge >= 0.3 is 0 Å². The highest BCUT2D eigenvalue weighted by Crippen LogP contribution is 2.18. The van der Waals surface area contributed by atoms with E-state index in [4.69, 9.17) is 0 Å². The quantitative estimate of drug-likeness (QED) is 0.825. The molecule has 0 fully saturated rings. The molecule has 1 heterocycles. The maximum atomic E-state index is 11.8. The monoisotopic (exact) mass is 275 g/mol. The average molecular weight is 275 g/mol. The number of aromatic amines is 1. The largest absolute Gasteiger partial charge is 0.347 e. The molecule has 0 saturated heterocycles. The van der Waals surface area contributed by atoms with Gasteiger partial charge in [-0.05, 0) is 26.0 Å². The topological polar surface area (TPSA) is 57.8 Å². The fourth-order valence-corrected chi connectivity index (χ4v) is 2.36. The number of hydrogen-bond donors (Lipinski definition) is 2. The van der Waals surface area contributed by atoms with Crippen molar-refractivity contribution in [3.63, 3.8) is 0 Å². The van der Waals surface area contributed by atoms with E-state index in [0.717, 1.165) is 10.7 Å². The first-order valence-corrected chi connectivity index (χ1v) is 7.12. The summed E-state index contributed by atoms with van der Waals surface area (Å²) in [6.45, 7) is 3.96. The fourth-order valence-electron chi connectivity index (χ4n) is 1.65. The standard InChI is InChI=1S/C14H17N3OS/c1-10-3-5-12(6-4-10)19-9-13(18)17-11(2)14-15-7-8-16-14/h3-8,11H,9H2,1-2H3,(H,15,16)(H,17,18). The van der Waals surface area contributed by atoms with Crippen molar-refractivity contribution in [2.45, 2.75) is 24.8 Å². The van der Waals surface area contributed by atoms with Gasteiger partial charge in [-0.1, -0.05) is 17.7 Å². The SMILES string of the molecule is Cc1ccc(SCC(=O)NC(C)c2ncc[nH]2)cc1. The lowest BCUT2D eigenvalue weighted by molar-refractivity contribution is -0.119. The number of nitrogens with one attached hydrogen (secondary N) is 2. The van der Waals surface area contributed by atoms with Crippen molar-refractivity contribution in [3.8, 4) is 0 Å². The first-order chi connectivity index (χ1) is 9.15. The molecule has 2 aromatic rings. The lowest BCUT2D eigenvalue weighted by Gasteiger charge is -2.11. The van der Waals surface area contributed by atoms with Gasteiger partial charge in [-0.25, -0.2) is 4.98 Å². The fraction of sp³-hybridized carbons (Fsp3) is 0.286. The molecule has 0 saturated carbocycles. The molecular formula is C14H17N3OS. The summed E-state index contributed by atoms with van der Waals surface area (Å²) in [5, 5.41) is 2.91. The van der Waals surface area contributed by atoms with Crippen LogP contribution < -0.4 is 5.32 Å². The van der Waals surface area contributed by atoms with Gasteiger partial charge in [0.1, 0.15) is 5.82 Å². The number of imidazole rings is 1. The average Bonchev–Trinajstić information content (AvgIpc) is 2.92. The van der Waals surface area contributed by atoms with E-state index >= 15 is 0 Å². The molecule has 100 valence electrons. The number of thioether (sulfide) groups is 1. The van der Waals surface area contributed by atoms with Crippen LogP contribution in [0.1, 0.15) is 24.4 Å². The zero-order valence-corrected chi connectivity index (χ0v) is 11.8. The van der Waals surface area contributed by atoms with E-state index in [2.05, 4.69) is 15.3 Å². The number of rotatable bonds is 5. The molecule has 0 aliphatic carbocycles. The number of nitrogens with zero attached hydrogens (tertiary/aromatic N) is 1. The van der Waals surface area contributed by atoms with Crippen LogP contribution in [0.25, 0.3) is 0 Å². The first-order valence-electron chi connectivity index (χ1n) is 6.13. The highest BCUT2D eigenvalue weighted by Gasteiger charge is 2.11. The highest BCUT2D eigenvalue weighted by atomic mass is 32.2. The summed E-state index contributed by atoms with van der Waals surface area (Å²) >= 11 is 1.53. The maximum Gasteiger partial charge on any atom is 0.230 e. The van der Waals surface area contributed by atoms with Crippen LogP contribution in [-0.2, 0) is 4.79 Å². The molecular weight excluding hydrogens is 258 g/mol. The summed E-state index contributed by atoms with van der Waals surface area (Å²) in [7, 11) is 0. The Balaban J connectivity index is 1.80. The number of carbonyl (C=O) groups is 1. The van der Waals surface area contributed by atoms with Crippen LogP contribution in [0.4, 0.5) is 0 Å². The molecule has 0 spiro atoms. The molecule has 0 radical (unpaired) electrons. The van der Waals surface area contributed by atoms with Gasteiger partial charge in [-0.15, -0.1) is 11.8 Å². The number of hydrogen-bond acceptors (Lipinski definition) is 3. The van der Waals surface area contributed by atoms with Crippen LogP contribution in [0.3, 0.4) is 0 Å². The van der Waals surface area contributed by atoms with Gasteiger partial charge in [0.2, 0.25) is 5.91 Å². The summed E-state index contributed by atoms with van der Waals surface area (Å²) in [6.07, 6.45) is 3.43. The third kappa shape index (κ3) is 4.13. The van der Waals surface area contributed by atoms with Crippen LogP contribution in [0.5, 0.6) is 0 Å². The van der Waals surface area contributed by atoms with Gasteiger partial charge in [0.15, 0.2) is 0 Å². The zero-order valence-electron chi connectivity index (χ0n) is 11.0. The van der Waals surface area contributed by atoms with Gasteiger partial charge in [0.25, 0.3) is 0 Å². The van der Waals surface area contributed by atoms with Gasteiger partial charge in [-0.3, -0.25) is 4.79 Å². The Labute approximate surface area is 117 Å². The Morgan fingerprint density at radius 1 is 1.42 bits per heavy atom. The maximum absolute atomic E-state index is 11.8. The van der Waals surface area contributed by atoms with E-state index < -0.39 is 0 Å².